The smallest absolute Gasteiger partial charge is 0.308 e. The van der Waals surface area contributed by atoms with Crippen molar-refractivity contribution in [3.63, 3.8) is 0 Å². The van der Waals surface area contributed by atoms with Gasteiger partial charge in [-0.25, -0.2) is 0 Å². The summed E-state index contributed by atoms with van der Waals surface area (Å²) >= 11 is 0. The number of carbonyl (C=O) groups excluding carboxylic acids is 1. The number of piperidine rings is 1. The lowest BCUT2D eigenvalue weighted by atomic mass is 9.81. The van der Waals surface area contributed by atoms with Gasteiger partial charge in [0, 0.05) is 6.04 Å². The van der Waals surface area contributed by atoms with E-state index in [0.717, 1.165) is 19.4 Å². The second-order valence-electron chi connectivity index (χ2n) is 6.09. The molecule has 1 aliphatic rings. The van der Waals surface area contributed by atoms with Crippen LogP contribution in [0.25, 0.3) is 0 Å². The minimum absolute atomic E-state index is 0.0703. The summed E-state index contributed by atoms with van der Waals surface area (Å²) in [5.41, 5.74) is 0.390. The number of hydrogen-bond donors (Lipinski definition) is 2. The van der Waals surface area contributed by atoms with Crippen LogP contribution in [0, 0.1) is 5.92 Å². The van der Waals surface area contributed by atoms with E-state index < -0.39 is 5.60 Å². The van der Waals surface area contributed by atoms with Gasteiger partial charge in [-0.15, -0.1) is 0 Å². The van der Waals surface area contributed by atoms with Crippen LogP contribution in [-0.4, -0.2) is 36.4 Å². The number of esters is 1. The average Bonchev–Trinajstić information content (AvgIpc) is 2.53. The zero-order valence-corrected chi connectivity index (χ0v) is 12.8. The van der Waals surface area contributed by atoms with E-state index in [1.54, 1.807) is 0 Å². The van der Waals surface area contributed by atoms with Crippen LogP contribution in [0.3, 0.4) is 0 Å². The Balaban J connectivity index is 1.93. The molecule has 4 heteroatoms. The molecule has 1 fully saturated rings. The van der Waals surface area contributed by atoms with Gasteiger partial charge < -0.3 is 15.2 Å². The molecular formula is C17H25NO3. The summed E-state index contributed by atoms with van der Waals surface area (Å²) in [6.45, 7) is 2.60. The first-order valence-electron chi connectivity index (χ1n) is 7.60. The van der Waals surface area contributed by atoms with Gasteiger partial charge in [0.1, 0.15) is 0 Å². The van der Waals surface area contributed by atoms with Gasteiger partial charge in [0.05, 0.1) is 18.6 Å². The largest absolute Gasteiger partial charge is 0.469 e. The van der Waals surface area contributed by atoms with Crippen molar-refractivity contribution in [2.75, 3.05) is 13.7 Å². The lowest BCUT2D eigenvalue weighted by molar-refractivity contribution is -0.147. The number of rotatable bonds is 5. The van der Waals surface area contributed by atoms with Crippen LogP contribution in [0.5, 0.6) is 0 Å². The molecule has 1 aliphatic heterocycles. The molecule has 2 rings (SSSR count). The minimum atomic E-state index is -0.831. The van der Waals surface area contributed by atoms with Crippen molar-refractivity contribution in [1.82, 2.24) is 5.32 Å². The zero-order valence-electron chi connectivity index (χ0n) is 12.8. The van der Waals surface area contributed by atoms with Gasteiger partial charge in [-0.1, -0.05) is 30.3 Å². The number of aryl methyl sites for hydroxylation is 1. The quantitative estimate of drug-likeness (QED) is 0.814. The number of carbonyl (C=O) groups is 1. The van der Waals surface area contributed by atoms with E-state index in [-0.39, 0.29) is 17.9 Å². The number of hydrogen-bond acceptors (Lipinski definition) is 4. The molecule has 1 aromatic rings. The SMILES string of the molecule is COC(=O)C1CCNC(C(C)(O)CCc2ccccc2)C1. The lowest BCUT2D eigenvalue weighted by Crippen LogP contribution is -2.54. The van der Waals surface area contributed by atoms with Crippen molar-refractivity contribution in [1.29, 1.82) is 0 Å². The zero-order chi connectivity index (χ0) is 15.3. The van der Waals surface area contributed by atoms with Crippen LogP contribution < -0.4 is 5.32 Å². The average molecular weight is 291 g/mol. The Labute approximate surface area is 126 Å². The van der Waals surface area contributed by atoms with Crippen molar-refractivity contribution < 1.29 is 14.6 Å². The summed E-state index contributed by atoms with van der Waals surface area (Å²) in [5, 5.41) is 14.1. The highest BCUT2D eigenvalue weighted by molar-refractivity contribution is 5.72. The highest BCUT2D eigenvalue weighted by Crippen LogP contribution is 2.27. The van der Waals surface area contributed by atoms with Crippen LogP contribution >= 0.6 is 0 Å². The van der Waals surface area contributed by atoms with Crippen LogP contribution in [-0.2, 0) is 16.0 Å². The van der Waals surface area contributed by atoms with E-state index in [2.05, 4.69) is 17.4 Å². The van der Waals surface area contributed by atoms with Crippen LogP contribution in [0.4, 0.5) is 0 Å². The van der Waals surface area contributed by atoms with Gasteiger partial charge in [-0.3, -0.25) is 4.79 Å². The van der Waals surface area contributed by atoms with Gasteiger partial charge in [0.2, 0.25) is 0 Å². The Morgan fingerprint density at radius 1 is 1.43 bits per heavy atom. The molecule has 1 aromatic carbocycles. The predicted molar refractivity (Wildman–Crippen MR) is 81.9 cm³/mol. The van der Waals surface area contributed by atoms with Gasteiger partial charge >= 0.3 is 5.97 Å². The van der Waals surface area contributed by atoms with Gasteiger partial charge in [-0.2, -0.15) is 0 Å². The molecule has 2 N–H and O–H groups in total. The second kappa shape index (κ2) is 7.05. The molecule has 0 radical (unpaired) electrons. The molecule has 3 unspecified atom stereocenters. The van der Waals surface area contributed by atoms with Crippen LogP contribution in [0.15, 0.2) is 30.3 Å². The first-order valence-corrected chi connectivity index (χ1v) is 7.60. The molecular weight excluding hydrogens is 266 g/mol. The van der Waals surface area contributed by atoms with E-state index in [9.17, 15) is 9.90 Å². The first kappa shape index (κ1) is 16.0. The van der Waals surface area contributed by atoms with Gasteiger partial charge in [0.25, 0.3) is 0 Å². The molecule has 0 spiro atoms. The van der Waals surface area contributed by atoms with E-state index in [1.165, 1.54) is 12.7 Å². The molecule has 4 nitrogen and oxygen atoms in total. The number of aliphatic hydroxyl groups is 1. The molecule has 0 saturated carbocycles. The lowest BCUT2D eigenvalue weighted by Gasteiger charge is -2.38. The molecule has 0 aliphatic carbocycles. The Morgan fingerprint density at radius 2 is 2.14 bits per heavy atom. The summed E-state index contributed by atoms with van der Waals surface area (Å²) in [6.07, 6.45) is 2.91. The van der Waals surface area contributed by atoms with E-state index in [1.807, 2.05) is 25.1 Å². The number of nitrogens with one attached hydrogen (secondary N) is 1. The molecule has 3 atom stereocenters. The van der Waals surface area contributed by atoms with Gasteiger partial charge in [0.15, 0.2) is 0 Å². The fourth-order valence-corrected chi connectivity index (χ4v) is 2.99. The third-order valence-electron chi connectivity index (χ3n) is 4.45. The Bertz CT molecular complexity index is 458. The summed E-state index contributed by atoms with van der Waals surface area (Å²) < 4.78 is 4.83. The first-order chi connectivity index (χ1) is 10.0. The maximum absolute atomic E-state index is 11.7. The van der Waals surface area contributed by atoms with Crippen molar-refractivity contribution in [2.45, 2.75) is 44.2 Å². The van der Waals surface area contributed by atoms with E-state index in [0.29, 0.717) is 12.8 Å². The number of benzene rings is 1. The monoisotopic (exact) mass is 291 g/mol. The van der Waals surface area contributed by atoms with Crippen molar-refractivity contribution in [3.05, 3.63) is 35.9 Å². The second-order valence-corrected chi connectivity index (χ2v) is 6.09. The van der Waals surface area contributed by atoms with Crippen molar-refractivity contribution in [3.8, 4) is 0 Å². The third-order valence-corrected chi connectivity index (χ3v) is 4.45. The van der Waals surface area contributed by atoms with Crippen LogP contribution in [0.2, 0.25) is 0 Å². The molecule has 116 valence electrons. The minimum Gasteiger partial charge on any atom is -0.469 e. The molecule has 0 amide bonds. The maximum atomic E-state index is 11.7. The Kier molecular flexibility index (Phi) is 5.37. The molecule has 21 heavy (non-hydrogen) atoms. The summed E-state index contributed by atoms with van der Waals surface area (Å²) in [7, 11) is 1.42. The van der Waals surface area contributed by atoms with Crippen molar-refractivity contribution in [2.24, 2.45) is 5.92 Å². The normalized spacial score (nSPS) is 25.1. The Hall–Kier alpha value is -1.39. The van der Waals surface area contributed by atoms with Crippen molar-refractivity contribution >= 4 is 5.97 Å². The molecule has 1 saturated heterocycles. The van der Waals surface area contributed by atoms with E-state index in [4.69, 9.17) is 4.74 Å². The topological polar surface area (TPSA) is 58.6 Å². The summed E-state index contributed by atoms with van der Waals surface area (Å²) in [6, 6.07) is 10.1. The molecule has 0 bridgehead atoms. The highest BCUT2D eigenvalue weighted by atomic mass is 16.5. The predicted octanol–water partition coefficient (Wildman–Crippen LogP) is 1.91. The number of methoxy groups -OCH3 is 1. The fraction of sp³-hybridized carbons (Fsp3) is 0.588. The summed E-state index contributed by atoms with van der Waals surface area (Å²) in [5.74, 6) is -0.273. The molecule has 1 heterocycles. The fourth-order valence-electron chi connectivity index (χ4n) is 2.99. The standard InChI is InChI=1S/C17H25NO3/c1-17(20,10-8-13-6-4-3-5-7-13)15-12-14(9-11-18-15)16(19)21-2/h3-7,14-15,18,20H,8-12H2,1-2H3. The number of ether oxygens (including phenoxy) is 1. The summed E-state index contributed by atoms with van der Waals surface area (Å²) in [4.78, 5) is 11.7. The van der Waals surface area contributed by atoms with Crippen LogP contribution in [0.1, 0.15) is 31.7 Å². The highest BCUT2D eigenvalue weighted by Gasteiger charge is 2.37. The van der Waals surface area contributed by atoms with Gasteiger partial charge in [-0.05, 0) is 44.7 Å². The molecule has 0 aromatic heterocycles. The maximum Gasteiger partial charge on any atom is 0.308 e. The third kappa shape index (κ3) is 4.29. The Morgan fingerprint density at radius 3 is 2.81 bits per heavy atom. The van der Waals surface area contributed by atoms with E-state index >= 15 is 0 Å².